The van der Waals surface area contributed by atoms with Gasteiger partial charge in [-0.25, -0.2) is 0 Å². The van der Waals surface area contributed by atoms with Crippen LogP contribution in [-0.2, 0) is 0 Å². The van der Waals surface area contributed by atoms with E-state index in [1.165, 1.54) is 11.8 Å². The molecule has 0 saturated heterocycles. The van der Waals surface area contributed by atoms with E-state index in [9.17, 15) is 4.79 Å². The van der Waals surface area contributed by atoms with Crippen molar-refractivity contribution in [2.45, 2.75) is 11.8 Å². The van der Waals surface area contributed by atoms with Crippen LogP contribution in [0.15, 0.2) is 47.4 Å². The van der Waals surface area contributed by atoms with Crippen molar-refractivity contribution in [2.24, 2.45) is 0 Å². The Balaban J connectivity index is 2.18. The number of rotatable bonds is 4. The number of hydrogen-bond donors (Lipinski definition) is 2. The lowest BCUT2D eigenvalue weighted by Gasteiger charge is -2.09. The molecule has 2 rings (SSSR count). The molecule has 3 N–H and O–H groups in total. The molecule has 0 fully saturated rings. The minimum atomic E-state index is -0.0200. The summed E-state index contributed by atoms with van der Waals surface area (Å²) in [4.78, 5) is 12.5. The maximum absolute atomic E-state index is 11.3. The molecule has 98 valence electrons. The van der Waals surface area contributed by atoms with Crippen LogP contribution >= 0.6 is 11.8 Å². The summed E-state index contributed by atoms with van der Waals surface area (Å²) >= 11 is 1.71. The lowest BCUT2D eigenvalue weighted by molar-refractivity contribution is 0.101. The van der Waals surface area contributed by atoms with Gasteiger partial charge in [-0.3, -0.25) is 4.79 Å². The van der Waals surface area contributed by atoms with E-state index in [2.05, 4.69) is 17.4 Å². The SMILES string of the molecule is CSc1ccc(Nc2ccc(C(C)=O)c(N)c2)cc1. The fourth-order valence-electron chi connectivity index (χ4n) is 1.80. The van der Waals surface area contributed by atoms with Gasteiger partial charge in [0.05, 0.1) is 0 Å². The average Bonchev–Trinajstić information content (AvgIpc) is 2.39. The van der Waals surface area contributed by atoms with E-state index >= 15 is 0 Å². The van der Waals surface area contributed by atoms with Crippen molar-refractivity contribution in [3.05, 3.63) is 48.0 Å². The summed E-state index contributed by atoms with van der Waals surface area (Å²) in [6, 6.07) is 13.5. The standard InChI is InChI=1S/C15H16N2OS/c1-10(18)14-8-5-12(9-15(14)16)17-11-3-6-13(19-2)7-4-11/h3-9,17H,16H2,1-2H3. The first-order chi connectivity index (χ1) is 9.10. The number of benzene rings is 2. The molecule has 0 atom stereocenters. The molecular weight excluding hydrogens is 256 g/mol. The van der Waals surface area contributed by atoms with Crippen molar-refractivity contribution in [2.75, 3.05) is 17.3 Å². The Labute approximate surface area is 117 Å². The van der Waals surface area contributed by atoms with Crippen molar-refractivity contribution < 1.29 is 4.79 Å². The van der Waals surface area contributed by atoms with Gasteiger partial charge in [0.15, 0.2) is 5.78 Å². The van der Waals surface area contributed by atoms with Crippen LogP contribution in [0.5, 0.6) is 0 Å². The van der Waals surface area contributed by atoms with Crippen molar-refractivity contribution in [3.8, 4) is 0 Å². The Morgan fingerprint density at radius 2 is 1.74 bits per heavy atom. The second-order valence-corrected chi connectivity index (χ2v) is 5.09. The van der Waals surface area contributed by atoms with Gasteiger partial charge in [-0.05, 0) is 55.6 Å². The number of thioether (sulfide) groups is 1. The first-order valence-electron chi connectivity index (χ1n) is 5.91. The summed E-state index contributed by atoms with van der Waals surface area (Å²) in [5.41, 5.74) is 8.78. The van der Waals surface area contributed by atoms with Gasteiger partial charge in [0.1, 0.15) is 0 Å². The van der Waals surface area contributed by atoms with Gasteiger partial charge in [-0.2, -0.15) is 0 Å². The van der Waals surface area contributed by atoms with Crippen LogP contribution in [0.25, 0.3) is 0 Å². The van der Waals surface area contributed by atoms with Gasteiger partial charge in [-0.15, -0.1) is 11.8 Å². The average molecular weight is 272 g/mol. The van der Waals surface area contributed by atoms with Crippen LogP contribution in [0.4, 0.5) is 17.1 Å². The molecule has 0 spiro atoms. The van der Waals surface area contributed by atoms with E-state index < -0.39 is 0 Å². The minimum absolute atomic E-state index is 0.0200. The lowest BCUT2D eigenvalue weighted by Crippen LogP contribution is -2.00. The van der Waals surface area contributed by atoms with Crippen LogP contribution in [0.1, 0.15) is 17.3 Å². The Morgan fingerprint density at radius 3 is 2.26 bits per heavy atom. The first kappa shape index (κ1) is 13.5. The van der Waals surface area contributed by atoms with E-state index in [1.807, 2.05) is 24.5 Å². The third-order valence-electron chi connectivity index (χ3n) is 2.81. The highest BCUT2D eigenvalue weighted by Gasteiger charge is 2.05. The Morgan fingerprint density at radius 1 is 1.11 bits per heavy atom. The number of ketones is 1. The number of carbonyl (C=O) groups is 1. The molecule has 0 bridgehead atoms. The second kappa shape index (κ2) is 5.80. The number of carbonyl (C=O) groups excluding carboxylic acids is 1. The molecule has 0 aromatic heterocycles. The molecular formula is C15H16N2OS. The zero-order valence-corrected chi connectivity index (χ0v) is 11.8. The summed E-state index contributed by atoms with van der Waals surface area (Å²) < 4.78 is 0. The summed E-state index contributed by atoms with van der Waals surface area (Å²) in [7, 11) is 0. The summed E-state index contributed by atoms with van der Waals surface area (Å²) in [5, 5.41) is 3.26. The Hall–Kier alpha value is -1.94. The summed E-state index contributed by atoms with van der Waals surface area (Å²) in [6.07, 6.45) is 2.05. The minimum Gasteiger partial charge on any atom is -0.398 e. The second-order valence-electron chi connectivity index (χ2n) is 4.21. The van der Waals surface area contributed by atoms with Crippen LogP contribution in [0.3, 0.4) is 0 Å². The quantitative estimate of drug-likeness (QED) is 0.503. The van der Waals surface area contributed by atoms with Crippen LogP contribution < -0.4 is 11.1 Å². The van der Waals surface area contributed by atoms with E-state index in [1.54, 1.807) is 23.9 Å². The number of anilines is 3. The van der Waals surface area contributed by atoms with Gasteiger partial charge < -0.3 is 11.1 Å². The normalized spacial score (nSPS) is 10.2. The lowest BCUT2D eigenvalue weighted by atomic mass is 10.1. The van der Waals surface area contributed by atoms with Gasteiger partial charge in [0.2, 0.25) is 0 Å². The zero-order valence-electron chi connectivity index (χ0n) is 10.9. The van der Waals surface area contributed by atoms with Crippen LogP contribution in [0, 0.1) is 0 Å². The highest BCUT2D eigenvalue weighted by atomic mass is 32.2. The van der Waals surface area contributed by atoms with Crippen molar-refractivity contribution in [1.82, 2.24) is 0 Å². The fraction of sp³-hybridized carbons (Fsp3) is 0.133. The summed E-state index contributed by atoms with van der Waals surface area (Å²) in [6.45, 7) is 1.51. The third-order valence-corrected chi connectivity index (χ3v) is 3.55. The molecule has 0 saturated carbocycles. The largest absolute Gasteiger partial charge is 0.398 e. The predicted octanol–water partition coefficient (Wildman–Crippen LogP) is 3.94. The van der Waals surface area contributed by atoms with Gasteiger partial charge in [0.25, 0.3) is 0 Å². The molecule has 0 aliphatic carbocycles. The molecule has 0 unspecified atom stereocenters. The molecule has 0 radical (unpaired) electrons. The van der Waals surface area contributed by atoms with Crippen molar-refractivity contribution >= 4 is 34.6 Å². The number of Topliss-reactive ketones (excluding diaryl/α,β-unsaturated/α-hetero) is 1. The smallest absolute Gasteiger partial charge is 0.161 e. The van der Waals surface area contributed by atoms with E-state index in [4.69, 9.17) is 5.73 Å². The van der Waals surface area contributed by atoms with E-state index in [0.717, 1.165) is 11.4 Å². The molecule has 2 aromatic carbocycles. The number of nitrogens with one attached hydrogen (secondary N) is 1. The fourth-order valence-corrected chi connectivity index (χ4v) is 2.21. The topological polar surface area (TPSA) is 55.1 Å². The highest BCUT2D eigenvalue weighted by Crippen LogP contribution is 2.24. The first-order valence-corrected chi connectivity index (χ1v) is 7.14. The molecule has 19 heavy (non-hydrogen) atoms. The zero-order chi connectivity index (χ0) is 13.8. The molecule has 0 aliphatic rings. The third kappa shape index (κ3) is 3.29. The van der Waals surface area contributed by atoms with Crippen LogP contribution in [0.2, 0.25) is 0 Å². The van der Waals surface area contributed by atoms with Gasteiger partial charge >= 0.3 is 0 Å². The van der Waals surface area contributed by atoms with E-state index in [0.29, 0.717) is 11.3 Å². The number of nitrogens with two attached hydrogens (primary N) is 1. The number of hydrogen-bond acceptors (Lipinski definition) is 4. The Kier molecular flexibility index (Phi) is 4.12. The van der Waals surface area contributed by atoms with Gasteiger partial charge in [-0.1, -0.05) is 0 Å². The highest BCUT2D eigenvalue weighted by molar-refractivity contribution is 7.98. The maximum Gasteiger partial charge on any atom is 0.161 e. The van der Waals surface area contributed by atoms with Crippen LogP contribution in [-0.4, -0.2) is 12.0 Å². The number of nitrogen functional groups attached to an aromatic ring is 1. The molecule has 0 aliphatic heterocycles. The van der Waals surface area contributed by atoms with Gasteiger partial charge in [0, 0.05) is 27.5 Å². The monoisotopic (exact) mass is 272 g/mol. The predicted molar refractivity (Wildman–Crippen MR) is 82.4 cm³/mol. The molecule has 0 amide bonds. The maximum atomic E-state index is 11.3. The molecule has 2 aromatic rings. The van der Waals surface area contributed by atoms with Crippen molar-refractivity contribution in [3.63, 3.8) is 0 Å². The summed E-state index contributed by atoms with van der Waals surface area (Å²) in [5.74, 6) is -0.0200. The molecule has 0 heterocycles. The van der Waals surface area contributed by atoms with Crippen molar-refractivity contribution in [1.29, 1.82) is 0 Å². The molecule has 4 heteroatoms. The molecule has 3 nitrogen and oxygen atoms in total. The van der Waals surface area contributed by atoms with E-state index in [-0.39, 0.29) is 5.78 Å². The Bertz CT molecular complexity index is 594.